The molecular formula is C7H5N2O2S2. The van der Waals surface area contributed by atoms with Gasteiger partial charge in [-0.1, -0.05) is 6.07 Å². The van der Waals surface area contributed by atoms with Crippen LogP contribution in [0.15, 0.2) is 22.5 Å². The van der Waals surface area contributed by atoms with E-state index in [0.29, 0.717) is 5.52 Å². The minimum Gasteiger partial charge on any atom is -0.224 e. The molecule has 67 valence electrons. The minimum absolute atomic E-state index is 0.0536. The van der Waals surface area contributed by atoms with Crippen LogP contribution in [0, 0.1) is 6.07 Å². The number of nitrogens with zero attached hydrogens (tertiary/aromatic N) is 1. The Labute approximate surface area is 79.1 Å². The predicted molar refractivity (Wildman–Crippen MR) is 49.8 cm³/mol. The van der Waals surface area contributed by atoms with Gasteiger partial charge in [-0.05, 0) is 18.2 Å². The van der Waals surface area contributed by atoms with E-state index in [1.165, 1.54) is 0 Å². The van der Waals surface area contributed by atoms with E-state index in [2.05, 4.69) is 11.1 Å². The number of sulfonamides is 1. The van der Waals surface area contributed by atoms with Crippen LogP contribution in [0.25, 0.3) is 10.2 Å². The van der Waals surface area contributed by atoms with Gasteiger partial charge in [0.05, 0.1) is 10.2 Å². The van der Waals surface area contributed by atoms with E-state index in [1.54, 1.807) is 18.2 Å². The molecule has 2 rings (SSSR count). The van der Waals surface area contributed by atoms with Gasteiger partial charge in [-0.25, -0.2) is 18.5 Å². The Morgan fingerprint density at radius 3 is 2.92 bits per heavy atom. The molecule has 0 aliphatic rings. The fraction of sp³-hybridized carbons (Fsp3) is 0. The van der Waals surface area contributed by atoms with Crippen LogP contribution >= 0.6 is 11.3 Å². The lowest BCUT2D eigenvalue weighted by Gasteiger charge is -1.85. The summed E-state index contributed by atoms with van der Waals surface area (Å²) in [6.45, 7) is 0. The third-order valence-corrected chi connectivity index (χ3v) is 3.79. The average Bonchev–Trinajstić information content (AvgIpc) is 2.45. The van der Waals surface area contributed by atoms with Gasteiger partial charge < -0.3 is 0 Å². The molecule has 4 nitrogen and oxygen atoms in total. The zero-order valence-corrected chi connectivity index (χ0v) is 8.02. The maximum atomic E-state index is 10.9. The van der Waals surface area contributed by atoms with Crippen molar-refractivity contribution in [1.29, 1.82) is 0 Å². The highest BCUT2D eigenvalue weighted by molar-refractivity contribution is 7.91. The molecule has 1 aromatic heterocycles. The van der Waals surface area contributed by atoms with Gasteiger partial charge in [0.2, 0.25) is 4.34 Å². The van der Waals surface area contributed by atoms with Crippen LogP contribution in [0.3, 0.4) is 0 Å². The number of nitrogens with two attached hydrogens (primary N) is 1. The second-order valence-electron chi connectivity index (χ2n) is 2.42. The summed E-state index contributed by atoms with van der Waals surface area (Å²) < 4.78 is 22.6. The summed E-state index contributed by atoms with van der Waals surface area (Å²) >= 11 is 1.05. The number of fused-ring (bicyclic) bond motifs is 1. The summed E-state index contributed by atoms with van der Waals surface area (Å²) in [6, 6.07) is 7.89. The predicted octanol–water partition coefficient (Wildman–Crippen LogP) is 0.744. The van der Waals surface area contributed by atoms with E-state index in [9.17, 15) is 8.42 Å². The molecule has 0 amide bonds. The SMILES string of the molecule is NS(=O)(=O)c1nc2cc[c]cc2s1. The van der Waals surface area contributed by atoms with Gasteiger partial charge in [0.15, 0.2) is 0 Å². The molecule has 0 aliphatic heterocycles. The highest BCUT2D eigenvalue weighted by Gasteiger charge is 2.13. The number of hydrogen-bond donors (Lipinski definition) is 1. The average molecular weight is 213 g/mol. The van der Waals surface area contributed by atoms with Crippen molar-refractivity contribution >= 4 is 31.6 Å². The molecule has 2 N–H and O–H groups in total. The van der Waals surface area contributed by atoms with Crippen molar-refractivity contribution in [1.82, 2.24) is 4.98 Å². The highest BCUT2D eigenvalue weighted by atomic mass is 32.2. The van der Waals surface area contributed by atoms with Crippen molar-refractivity contribution in [3.63, 3.8) is 0 Å². The van der Waals surface area contributed by atoms with E-state index in [1.807, 2.05) is 0 Å². The molecule has 13 heavy (non-hydrogen) atoms. The van der Waals surface area contributed by atoms with Crippen molar-refractivity contribution in [2.75, 3.05) is 0 Å². The first-order chi connectivity index (χ1) is 6.07. The maximum absolute atomic E-state index is 10.9. The first-order valence-electron chi connectivity index (χ1n) is 3.37. The van der Waals surface area contributed by atoms with Crippen LogP contribution in [-0.2, 0) is 10.0 Å². The lowest BCUT2D eigenvalue weighted by molar-refractivity contribution is 0.597. The van der Waals surface area contributed by atoms with Gasteiger partial charge in [-0.3, -0.25) is 0 Å². The zero-order valence-electron chi connectivity index (χ0n) is 6.39. The van der Waals surface area contributed by atoms with E-state index >= 15 is 0 Å². The monoisotopic (exact) mass is 213 g/mol. The van der Waals surface area contributed by atoms with Gasteiger partial charge in [-0.15, -0.1) is 11.3 Å². The number of rotatable bonds is 1. The number of benzene rings is 1. The molecule has 1 aromatic carbocycles. The van der Waals surface area contributed by atoms with Gasteiger partial charge in [0, 0.05) is 0 Å². The molecule has 1 heterocycles. The topological polar surface area (TPSA) is 73.1 Å². The van der Waals surface area contributed by atoms with Crippen molar-refractivity contribution in [3.05, 3.63) is 24.3 Å². The Kier molecular flexibility index (Phi) is 1.83. The molecule has 6 heteroatoms. The van der Waals surface area contributed by atoms with Gasteiger partial charge >= 0.3 is 0 Å². The van der Waals surface area contributed by atoms with Crippen LogP contribution in [0.5, 0.6) is 0 Å². The fourth-order valence-corrected chi connectivity index (χ4v) is 2.55. The molecule has 0 unspecified atom stereocenters. The molecule has 0 fully saturated rings. The van der Waals surface area contributed by atoms with E-state index in [4.69, 9.17) is 5.14 Å². The van der Waals surface area contributed by atoms with Crippen molar-refractivity contribution < 1.29 is 8.42 Å². The summed E-state index contributed by atoms with van der Waals surface area (Å²) in [5, 5.41) is 4.93. The zero-order chi connectivity index (χ0) is 9.47. The van der Waals surface area contributed by atoms with E-state index in [-0.39, 0.29) is 4.34 Å². The Morgan fingerprint density at radius 2 is 2.31 bits per heavy atom. The summed E-state index contributed by atoms with van der Waals surface area (Å²) in [7, 11) is -3.67. The lowest BCUT2D eigenvalue weighted by Crippen LogP contribution is -2.11. The summed E-state index contributed by atoms with van der Waals surface area (Å²) in [4.78, 5) is 3.87. The van der Waals surface area contributed by atoms with E-state index < -0.39 is 10.0 Å². The lowest BCUT2D eigenvalue weighted by atomic mass is 10.3. The van der Waals surface area contributed by atoms with Crippen LogP contribution in [-0.4, -0.2) is 13.4 Å². The second-order valence-corrected chi connectivity index (χ2v) is 5.18. The summed E-state index contributed by atoms with van der Waals surface area (Å²) in [5.74, 6) is 0. The first-order valence-corrected chi connectivity index (χ1v) is 5.73. The number of primary sulfonamides is 1. The number of hydrogen-bond acceptors (Lipinski definition) is 4. The maximum Gasteiger partial charge on any atom is 0.265 e. The molecule has 0 atom stereocenters. The number of thiazole rings is 1. The molecule has 0 saturated carbocycles. The van der Waals surface area contributed by atoms with Crippen molar-refractivity contribution in [2.45, 2.75) is 4.34 Å². The van der Waals surface area contributed by atoms with Crippen LogP contribution in [0.2, 0.25) is 0 Å². The fourth-order valence-electron chi connectivity index (χ4n) is 0.918. The molecule has 0 bridgehead atoms. The van der Waals surface area contributed by atoms with Crippen LogP contribution < -0.4 is 5.14 Å². The van der Waals surface area contributed by atoms with Crippen LogP contribution in [0.1, 0.15) is 0 Å². The normalized spacial score (nSPS) is 12.1. The highest BCUT2D eigenvalue weighted by Crippen LogP contribution is 2.23. The minimum atomic E-state index is -3.67. The number of aromatic nitrogens is 1. The van der Waals surface area contributed by atoms with E-state index in [0.717, 1.165) is 16.0 Å². The third-order valence-electron chi connectivity index (χ3n) is 1.46. The Hall–Kier alpha value is -0.980. The first kappa shape index (κ1) is 8.61. The second kappa shape index (κ2) is 2.76. The van der Waals surface area contributed by atoms with Gasteiger partial charge in [0.25, 0.3) is 10.0 Å². The molecule has 2 aromatic rings. The van der Waals surface area contributed by atoms with Gasteiger partial charge in [-0.2, -0.15) is 0 Å². The Balaban J connectivity index is 2.77. The molecule has 0 aliphatic carbocycles. The smallest absolute Gasteiger partial charge is 0.224 e. The summed E-state index contributed by atoms with van der Waals surface area (Å²) in [5.41, 5.74) is 0.632. The third kappa shape index (κ3) is 1.55. The quantitative estimate of drug-likeness (QED) is 0.759. The van der Waals surface area contributed by atoms with Crippen molar-refractivity contribution in [3.8, 4) is 0 Å². The standard InChI is InChI=1S/C7H5N2O2S2/c8-13(10,11)7-9-5-3-1-2-4-6(5)12-7/h1,3-4H,(H2,8,10,11). The Bertz CT molecular complexity index is 511. The molecule has 0 spiro atoms. The largest absolute Gasteiger partial charge is 0.265 e. The molecule has 0 saturated heterocycles. The van der Waals surface area contributed by atoms with Gasteiger partial charge in [0.1, 0.15) is 0 Å². The van der Waals surface area contributed by atoms with Crippen LogP contribution in [0.4, 0.5) is 0 Å². The Morgan fingerprint density at radius 1 is 1.54 bits per heavy atom. The molecule has 1 radical (unpaired) electrons. The summed E-state index contributed by atoms with van der Waals surface area (Å²) in [6.07, 6.45) is 0. The molecular weight excluding hydrogens is 208 g/mol. The van der Waals surface area contributed by atoms with Crippen molar-refractivity contribution in [2.24, 2.45) is 5.14 Å².